The normalized spacial score (nSPS) is 30.6. The van der Waals surface area contributed by atoms with Gasteiger partial charge >= 0.3 is 0 Å². The molecular formula is C31H45N5O3S. The first-order valence-corrected chi connectivity index (χ1v) is 16.6. The van der Waals surface area contributed by atoms with Gasteiger partial charge in [-0.3, -0.25) is 14.5 Å². The standard InChI is InChI=1S/C31H45N5O3S/c1-18-14-27(40-4)26(30(37)34-18)15-33-31(38)28-20(3)36(29-25(28)6-5-13-32-29)19(2)21-7-9-22(10-8-21)35-16-24(17-35)39-23-11-12-23/h5-6,13,18-19,21-24,26-27H,7-12,14-17H2,1-4H3,(H,33,38)(H,34,37)/t18?,19-,21?,22?,26?,27?/m1/s1. The first-order chi connectivity index (χ1) is 19.3. The molecule has 4 aliphatic rings. The van der Waals surface area contributed by atoms with E-state index in [0.717, 1.165) is 36.2 Å². The number of aromatic nitrogens is 2. The zero-order chi connectivity index (χ0) is 28.0. The Morgan fingerprint density at radius 1 is 1.20 bits per heavy atom. The lowest BCUT2D eigenvalue weighted by Crippen LogP contribution is -2.57. The summed E-state index contributed by atoms with van der Waals surface area (Å²) in [7, 11) is 0. The second-order valence-corrected chi connectivity index (χ2v) is 13.7. The van der Waals surface area contributed by atoms with Crippen molar-refractivity contribution in [3.8, 4) is 0 Å². The zero-order valence-electron chi connectivity index (χ0n) is 24.4. The van der Waals surface area contributed by atoms with Crippen molar-refractivity contribution in [2.24, 2.45) is 11.8 Å². The summed E-state index contributed by atoms with van der Waals surface area (Å²) < 4.78 is 8.38. The minimum absolute atomic E-state index is 0.0348. The fourth-order valence-corrected chi connectivity index (χ4v) is 8.43. The first-order valence-electron chi connectivity index (χ1n) is 15.3. The summed E-state index contributed by atoms with van der Waals surface area (Å²) in [5.74, 6) is 0.251. The van der Waals surface area contributed by atoms with Crippen molar-refractivity contribution in [3.63, 3.8) is 0 Å². The van der Waals surface area contributed by atoms with Crippen LogP contribution in [0, 0.1) is 18.8 Å². The Labute approximate surface area is 242 Å². The van der Waals surface area contributed by atoms with Gasteiger partial charge in [0, 0.05) is 60.3 Å². The van der Waals surface area contributed by atoms with E-state index in [4.69, 9.17) is 9.72 Å². The lowest BCUT2D eigenvalue weighted by molar-refractivity contribution is -0.127. The van der Waals surface area contributed by atoms with Crippen LogP contribution in [0.2, 0.25) is 0 Å². The topological polar surface area (TPSA) is 88.5 Å². The molecule has 218 valence electrons. The summed E-state index contributed by atoms with van der Waals surface area (Å²) in [4.78, 5) is 33.7. The zero-order valence-corrected chi connectivity index (χ0v) is 25.2. The van der Waals surface area contributed by atoms with Crippen molar-refractivity contribution < 1.29 is 14.3 Å². The maximum Gasteiger partial charge on any atom is 0.253 e. The van der Waals surface area contributed by atoms with Crippen molar-refractivity contribution in [1.29, 1.82) is 0 Å². The molecule has 3 unspecified atom stereocenters. The number of piperidine rings is 1. The first kappa shape index (κ1) is 28.0. The van der Waals surface area contributed by atoms with Crippen LogP contribution in [0.4, 0.5) is 0 Å². The third kappa shape index (κ3) is 5.53. The molecule has 2 N–H and O–H groups in total. The van der Waals surface area contributed by atoms with E-state index in [1.165, 1.54) is 38.5 Å². The number of carbonyl (C=O) groups is 2. The molecule has 40 heavy (non-hydrogen) atoms. The summed E-state index contributed by atoms with van der Waals surface area (Å²) in [5.41, 5.74) is 2.54. The molecule has 4 atom stereocenters. The maximum absolute atomic E-state index is 13.6. The summed E-state index contributed by atoms with van der Waals surface area (Å²) in [6.07, 6.45) is 13.1. The number of hydrogen-bond donors (Lipinski definition) is 2. The molecule has 4 heterocycles. The van der Waals surface area contributed by atoms with Crippen LogP contribution in [0.3, 0.4) is 0 Å². The number of likely N-dealkylation sites (tertiary alicyclic amines) is 1. The van der Waals surface area contributed by atoms with Gasteiger partial charge in [-0.25, -0.2) is 4.98 Å². The number of thioether (sulfide) groups is 1. The molecule has 2 aliphatic heterocycles. The predicted octanol–water partition coefficient (Wildman–Crippen LogP) is 4.31. The molecular weight excluding hydrogens is 522 g/mol. The maximum atomic E-state index is 13.6. The minimum atomic E-state index is -0.224. The monoisotopic (exact) mass is 567 g/mol. The second kappa shape index (κ2) is 11.6. The number of nitrogens with one attached hydrogen (secondary N) is 2. The van der Waals surface area contributed by atoms with E-state index in [1.54, 1.807) is 11.8 Å². The predicted molar refractivity (Wildman–Crippen MR) is 160 cm³/mol. The van der Waals surface area contributed by atoms with Crippen LogP contribution in [0.15, 0.2) is 18.3 Å². The summed E-state index contributed by atoms with van der Waals surface area (Å²) in [6, 6.07) is 5.02. The number of nitrogens with zero attached hydrogens (tertiary/aromatic N) is 3. The Morgan fingerprint density at radius 2 is 1.95 bits per heavy atom. The van der Waals surface area contributed by atoms with Crippen LogP contribution in [-0.2, 0) is 9.53 Å². The highest BCUT2D eigenvalue weighted by molar-refractivity contribution is 7.99. The van der Waals surface area contributed by atoms with E-state index in [9.17, 15) is 9.59 Å². The van der Waals surface area contributed by atoms with Gasteiger partial charge in [0.15, 0.2) is 0 Å². The smallest absolute Gasteiger partial charge is 0.253 e. The van der Waals surface area contributed by atoms with Gasteiger partial charge in [-0.05, 0) is 90.0 Å². The van der Waals surface area contributed by atoms with E-state index in [0.29, 0.717) is 36.3 Å². The Bertz CT molecular complexity index is 1230. The largest absolute Gasteiger partial charge is 0.372 e. The molecule has 9 heteroatoms. The van der Waals surface area contributed by atoms with Crippen molar-refractivity contribution >= 4 is 34.6 Å². The third-order valence-electron chi connectivity index (χ3n) is 9.91. The Hall–Kier alpha value is -2.10. The molecule has 0 radical (unpaired) electrons. The molecule has 0 spiro atoms. The van der Waals surface area contributed by atoms with Crippen LogP contribution >= 0.6 is 11.8 Å². The molecule has 8 nitrogen and oxygen atoms in total. The molecule has 2 aliphatic carbocycles. The highest BCUT2D eigenvalue weighted by Gasteiger charge is 2.39. The molecule has 2 amide bonds. The second-order valence-electron chi connectivity index (χ2n) is 12.7. The molecule has 0 aromatic carbocycles. The van der Waals surface area contributed by atoms with Gasteiger partial charge in [-0.15, -0.1) is 0 Å². The fourth-order valence-electron chi connectivity index (χ4n) is 7.40. The van der Waals surface area contributed by atoms with Gasteiger partial charge in [0.2, 0.25) is 5.91 Å². The van der Waals surface area contributed by atoms with Crippen LogP contribution in [0.1, 0.15) is 80.9 Å². The van der Waals surface area contributed by atoms with Gasteiger partial charge < -0.3 is 19.9 Å². The summed E-state index contributed by atoms with van der Waals surface area (Å²) in [6.45, 7) is 8.94. The quantitative estimate of drug-likeness (QED) is 0.470. The average molecular weight is 568 g/mol. The van der Waals surface area contributed by atoms with Crippen LogP contribution in [0.5, 0.6) is 0 Å². The number of pyridine rings is 1. The van der Waals surface area contributed by atoms with Gasteiger partial charge in [0.1, 0.15) is 5.65 Å². The number of ether oxygens (including phenoxy) is 1. The van der Waals surface area contributed by atoms with Crippen molar-refractivity contribution in [2.45, 2.75) is 101 Å². The van der Waals surface area contributed by atoms with E-state index in [2.05, 4.69) is 33.9 Å². The molecule has 6 rings (SSSR count). The molecule has 0 bridgehead atoms. The van der Waals surface area contributed by atoms with E-state index in [-0.39, 0.29) is 35.1 Å². The SMILES string of the molecule is CSC1CC(C)NC(=O)C1CNC(=O)c1c(C)n([C@H](C)C2CCC(N3CC(OC4CC4)C3)CC2)c2ncccc12. The number of hydrogen-bond acceptors (Lipinski definition) is 6. The average Bonchev–Trinajstić information content (AvgIpc) is 3.70. The van der Waals surface area contributed by atoms with Gasteiger partial charge in [0.05, 0.1) is 23.7 Å². The van der Waals surface area contributed by atoms with E-state index < -0.39 is 0 Å². The molecule has 2 aromatic heterocycles. The Kier molecular flexibility index (Phi) is 8.16. The van der Waals surface area contributed by atoms with Crippen LogP contribution in [0.25, 0.3) is 11.0 Å². The number of carbonyl (C=O) groups excluding carboxylic acids is 2. The fraction of sp³-hybridized carbons (Fsp3) is 0.710. The van der Waals surface area contributed by atoms with Gasteiger partial charge in [-0.1, -0.05) is 0 Å². The number of fused-ring (bicyclic) bond motifs is 1. The number of rotatable bonds is 9. The van der Waals surface area contributed by atoms with E-state index in [1.807, 2.05) is 31.5 Å². The Balaban J connectivity index is 1.12. The molecule has 2 saturated carbocycles. The molecule has 2 saturated heterocycles. The Morgan fingerprint density at radius 3 is 2.65 bits per heavy atom. The number of amides is 2. The lowest BCUT2D eigenvalue weighted by atomic mass is 9.80. The van der Waals surface area contributed by atoms with Gasteiger partial charge in [-0.2, -0.15) is 11.8 Å². The summed E-state index contributed by atoms with van der Waals surface area (Å²) >= 11 is 1.71. The highest BCUT2D eigenvalue weighted by Crippen LogP contribution is 2.40. The minimum Gasteiger partial charge on any atom is -0.372 e. The molecule has 4 fully saturated rings. The van der Waals surface area contributed by atoms with E-state index >= 15 is 0 Å². The van der Waals surface area contributed by atoms with Crippen LogP contribution in [-0.4, -0.2) is 81.7 Å². The third-order valence-corrected chi connectivity index (χ3v) is 11.0. The van der Waals surface area contributed by atoms with Crippen molar-refractivity contribution in [1.82, 2.24) is 25.1 Å². The van der Waals surface area contributed by atoms with Crippen molar-refractivity contribution in [3.05, 3.63) is 29.6 Å². The molecule has 2 aromatic rings. The van der Waals surface area contributed by atoms with Crippen LogP contribution < -0.4 is 10.6 Å². The highest BCUT2D eigenvalue weighted by atomic mass is 32.2. The summed E-state index contributed by atoms with van der Waals surface area (Å²) in [5, 5.41) is 7.28. The van der Waals surface area contributed by atoms with Gasteiger partial charge in [0.25, 0.3) is 5.91 Å². The lowest BCUT2D eigenvalue weighted by Gasteiger charge is -2.47. The van der Waals surface area contributed by atoms with Crippen molar-refractivity contribution in [2.75, 3.05) is 25.9 Å².